The van der Waals surface area contributed by atoms with Crippen molar-refractivity contribution in [1.29, 1.82) is 0 Å². The molecule has 2 rings (SSSR count). The van der Waals surface area contributed by atoms with Crippen LogP contribution < -0.4 is 11.1 Å². The van der Waals surface area contributed by atoms with Gasteiger partial charge in [-0.15, -0.1) is 0 Å². The Kier molecular flexibility index (Phi) is 4.24. The highest BCUT2D eigenvalue weighted by Crippen LogP contribution is 2.14. The van der Waals surface area contributed by atoms with Crippen LogP contribution in [-0.4, -0.2) is 15.9 Å². The smallest absolute Gasteiger partial charge is 0.274 e. The zero-order chi connectivity index (χ0) is 13.8. The second kappa shape index (κ2) is 5.90. The van der Waals surface area contributed by atoms with Gasteiger partial charge in [0.05, 0.1) is 0 Å². The Morgan fingerprint density at radius 3 is 2.42 bits per heavy atom. The van der Waals surface area contributed by atoms with E-state index in [2.05, 4.69) is 26.2 Å². The average Bonchev–Trinajstić information content (AvgIpc) is 2.41. The van der Waals surface area contributed by atoms with Crippen LogP contribution in [0.25, 0.3) is 0 Å². The fourth-order valence-electron chi connectivity index (χ4n) is 1.40. The van der Waals surface area contributed by atoms with E-state index in [4.69, 9.17) is 18.0 Å². The van der Waals surface area contributed by atoms with Crippen LogP contribution >= 0.6 is 28.1 Å². The number of amides is 1. The Labute approximate surface area is 124 Å². The molecule has 19 heavy (non-hydrogen) atoms. The van der Waals surface area contributed by atoms with Gasteiger partial charge in [0.2, 0.25) is 0 Å². The van der Waals surface area contributed by atoms with Crippen molar-refractivity contribution in [3.63, 3.8) is 0 Å². The molecule has 0 aliphatic carbocycles. The topological polar surface area (TPSA) is 68.0 Å². The minimum atomic E-state index is -0.281. The van der Waals surface area contributed by atoms with E-state index in [1.165, 1.54) is 6.20 Å². The van der Waals surface area contributed by atoms with E-state index in [1.807, 2.05) is 12.1 Å². The van der Waals surface area contributed by atoms with Gasteiger partial charge in [0, 0.05) is 21.9 Å². The molecule has 96 valence electrons. The number of hydrogen-bond donors (Lipinski definition) is 2. The van der Waals surface area contributed by atoms with E-state index < -0.39 is 0 Å². The summed E-state index contributed by atoms with van der Waals surface area (Å²) in [7, 11) is 0. The molecule has 4 nitrogen and oxygen atoms in total. The van der Waals surface area contributed by atoms with Gasteiger partial charge < -0.3 is 11.1 Å². The number of benzene rings is 1. The molecule has 1 amide bonds. The monoisotopic (exact) mass is 335 g/mol. The number of halogens is 1. The number of hydrogen-bond acceptors (Lipinski definition) is 3. The summed E-state index contributed by atoms with van der Waals surface area (Å²) >= 11 is 8.15. The number of carbonyl (C=O) groups is 1. The standard InChI is InChI=1S/C13H10BrN3OS/c14-9-2-4-10(5-3-9)17-13(18)11-6-1-8(7-16-11)12(15)19/h1-7H,(H2,15,19)(H,17,18). The summed E-state index contributed by atoms with van der Waals surface area (Å²) in [6.07, 6.45) is 1.48. The molecule has 6 heteroatoms. The number of carbonyl (C=O) groups excluding carboxylic acids is 1. The molecule has 0 bridgehead atoms. The molecule has 3 N–H and O–H groups in total. The lowest BCUT2D eigenvalue weighted by atomic mass is 10.2. The van der Waals surface area contributed by atoms with E-state index >= 15 is 0 Å². The van der Waals surface area contributed by atoms with E-state index in [0.29, 0.717) is 16.9 Å². The van der Waals surface area contributed by atoms with Gasteiger partial charge in [-0.05, 0) is 36.4 Å². The maximum Gasteiger partial charge on any atom is 0.274 e. The number of aromatic nitrogens is 1. The Morgan fingerprint density at radius 1 is 1.21 bits per heavy atom. The molecular formula is C13H10BrN3OS. The minimum absolute atomic E-state index is 0.257. The van der Waals surface area contributed by atoms with Crippen LogP contribution in [0.1, 0.15) is 16.1 Å². The first-order chi connectivity index (χ1) is 9.06. The van der Waals surface area contributed by atoms with E-state index in [-0.39, 0.29) is 10.9 Å². The number of nitrogens with zero attached hydrogens (tertiary/aromatic N) is 1. The van der Waals surface area contributed by atoms with Crippen LogP contribution in [0.4, 0.5) is 5.69 Å². The van der Waals surface area contributed by atoms with Gasteiger partial charge in [-0.3, -0.25) is 9.78 Å². The fourth-order valence-corrected chi connectivity index (χ4v) is 1.79. The molecule has 0 saturated carbocycles. The summed E-state index contributed by atoms with van der Waals surface area (Å²) in [6.45, 7) is 0. The van der Waals surface area contributed by atoms with Gasteiger partial charge in [-0.1, -0.05) is 28.1 Å². The van der Waals surface area contributed by atoms with Crippen LogP contribution in [0.2, 0.25) is 0 Å². The minimum Gasteiger partial charge on any atom is -0.389 e. The van der Waals surface area contributed by atoms with Gasteiger partial charge in [0.1, 0.15) is 10.7 Å². The Hall–Kier alpha value is -1.79. The van der Waals surface area contributed by atoms with Crippen molar-refractivity contribution >= 4 is 44.7 Å². The zero-order valence-electron chi connectivity index (χ0n) is 9.76. The molecule has 1 aromatic heterocycles. The summed E-state index contributed by atoms with van der Waals surface area (Å²) in [5.74, 6) is -0.281. The predicted molar refractivity (Wildman–Crippen MR) is 82.2 cm³/mol. The number of nitrogens with two attached hydrogens (primary N) is 1. The highest BCUT2D eigenvalue weighted by Gasteiger charge is 2.08. The van der Waals surface area contributed by atoms with Crippen molar-refractivity contribution in [2.45, 2.75) is 0 Å². The molecule has 1 aromatic carbocycles. The normalized spacial score (nSPS) is 9.95. The SMILES string of the molecule is NC(=S)c1ccc(C(=O)Nc2ccc(Br)cc2)nc1. The fraction of sp³-hybridized carbons (Fsp3) is 0. The molecule has 0 fully saturated rings. The third kappa shape index (κ3) is 3.59. The summed E-state index contributed by atoms with van der Waals surface area (Å²) in [5.41, 5.74) is 7.11. The molecule has 0 unspecified atom stereocenters. The lowest BCUT2D eigenvalue weighted by Crippen LogP contribution is -2.15. The van der Waals surface area contributed by atoms with Crippen molar-refractivity contribution in [2.24, 2.45) is 5.73 Å². The molecular weight excluding hydrogens is 326 g/mol. The van der Waals surface area contributed by atoms with Crippen LogP contribution in [0.15, 0.2) is 47.1 Å². The quantitative estimate of drug-likeness (QED) is 0.846. The highest BCUT2D eigenvalue weighted by atomic mass is 79.9. The largest absolute Gasteiger partial charge is 0.389 e. The third-order valence-corrected chi connectivity index (χ3v) is 3.15. The van der Waals surface area contributed by atoms with E-state index in [9.17, 15) is 4.79 Å². The van der Waals surface area contributed by atoms with Crippen LogP contribution in [0.5, 0.6) is 0 Å². The molecule has 0 saturated heterocycles. The Morgan fingerprint density at radius 2 is 1.89 bits per heavy atom. The maximum absolute atomic E-state index is 11.9. The van der Waals surface area contributed by atoms with Gasteiger partial charge in [0.15, 0.2) is 0 Å². The number of thiocarbonyl (C=S) groups is 1. The third-order valence-electron chi connectivity index (χ3n) is 2.38. The lowest BCUT2D eigenvalue weighted by molar-refractivity contribution is 0.102. The number of anilines is 1. The molecule has 0 radical (unpaired) electrons. The van der Waals surface area contributed by atoms with E-state index in [1.54, 1.807) is 24.3 Å². The molecule has 0 aliphatic heterocycles. The lowest BCUT2D eigenvalue weighted by Gasteiger charge is -2.05. The Balaban J connectivity index is 2.11. The summed E-state index contributed by atoms with van der Waals surface area (Å²) in [4.78, 5) is 16.2. The molecule has 0 spiro atoms. The van der Waals surface area contributed by atoms with Crippen LogP contribution in [0, 0.1) is 0 Å². The number of pyridine rings is 1. The highest BCUT2D eigenvalue weighted by molar-refractivity contribution is 9.10. The average molecular weight is 336 g/mol. The van der Waals surface area contributed by atoms with Crippen molar-refractivity contribution in [3.8, 4) is 0 Å². The van der Waals surface area contributed by atoms with Gasteiger partial charge >= 0.3 is 0 Å². The molecule has 0 aliphatic rings. The summed E-state index contributed by atoms with van der Waals surface area (Å²) in [5, 5.41) is 2.75. The number of nitrogens with one attached hydrogen (secondary N) is 1. The first kappa shape index (κ1) is 13.6. The van der Waals surface area contributed by atoms with Gasteiger partial charge in [-0.2, -0.15) is 0 Å². The second-order valence-corrected chi connectivity index (χ2v) is 5.11. The predicted octanol–water partition coefficient (Wildman–Crippen LogP) is 2.73. The van der Waals surface area contributed by atoms with Crippen molar-refractivity contribution in [1.82, 2.24) is 4.98 Å². The zero-order valence-corrected chi connectivity index (χ0v) is 12.2. The number of rotatable bonds is 3. The second-order valence-electron chi connectivity index (χ2n) is 3.76. The van der Waals surface area contributed by atoms with Crippen molar-refractivity contribution < 1.29 is 4.79 Å². The van der Waals surface area contributed by atoms with Crippen LogP contribution in [0.3, 0.4) is 0 Å². The summed E-state index contributed by atoms with van der Waals surface area (Å²) in [6, 6.07) is 10.5. The van der Waals surface area contributed by atoms with Gasteiger partial charge in [0.25, 0.3) is 5.91 Å². The molecule has 0 atom stereocenters. The van der Waals surface area contributed by atoms with Gasteiger partial charge in [-0.25, -0.2) is 0 Å². The molecule has 1 heterocycles. The first-order valence-electron chi connectivity index (χ1n) is 5.39. The molecule has 2 aromatic rings. The van der Waals surface area contributed by atoms with E-state index in [0.717, 1.165) is 4.47 Å². The van der Waals surface area contributed by atoms with Crippen molar-refractivity contribution in [2.75, 3.05) is 5.32 Å². The van der Waals surface area contributed by atoms with Crippen molar-refractivity contribution in [3.05, 3.63) is 58.3 Å². The maximum atomic E-state index is 11.9. The summed E-state index contributed by atoms with van der Waals surface area (Å²) < 4.78 is 0.949. The Bertz CT molecular complexity index is 611. The first-order valence-corrected chi connectivity index (χ1v) is 6.59. The van der Waals surface area contributed by atoms with Crippen LogP contribution in [-0.2, 0) is 0 Å².